The van der Waals surface area contributed by atoms with Gasteiger partial charge in [-0.05, 0) is 90.5 Å². The Balaban J connectivity index is 1.34. The van der Waals surface area contributed by atoms with Crippen LogP contribution in [-0.2, 0) is 11.5 Å². The molecule has 0 radical (unpaired) electrons. The van der Waals surface area contributed by atoms with Crippen molar-refractivity contribution in [3.63, 3.8) is 0 Å². The Morgan fingerprint density at radius 2 is 0.973 bits per heavy atom. The minimum absolute atomic E-state index is 0.735. The minimum Gasteiger partial charge on any atom is -0.349 e. The summed E-state index contributed by atoms with van der Waals surface area (Å²) in [7, 11) is 0. The van der Waals surface area contributed by atoms with E-state index in [0.29, 0.717) is 0 Å². The van der Waals surface area contributed by atoms with Crippen LogP contribution in [0, 0.1) is 0 Å². The summed E-state index contributed by atoms with van der Waals surface area (Å²) >= 11 is 21.7. The number of hydrogen-bond acceptors (Lipinski definition) is 1. The number of rotatable bonds is 6. The normalized spacial score (nSPS) is 11.6. The van der Waals surface area contributed by atoms with Crippen molar-refractivity contribution in [3.05, 3.63) is 115 Å². The first-order chi connectivity index (χ1) is 18.0. The summed E-state index contributed by atoms with van der Waals surface area (Å²) in [6, 6.07) is 29.0. The lowest BCUT2D eigenvalue weighted by Crippen LogP contribution is -1.88. The van der Waals surface area contributed by atoms with Crippen LogP contribution in [-0.4, -0.2) is 9.97 Å². The number of hydrogen-bond donors (Lipinski definition) is 2. The molecule has 0 atom stereocenters. The van der Waals surface area contributed by atoms with E-state index in [-0.39, 0.29) is 0 Å². The second kappa shape index (κ2) is 10.5. The van der Waals surface area contributed by atoms with Gasteiger partial charge in [-0.3, -0.25) is 0 Å². The fourth-order valence-corrected chi connectivity index (χ4v) is 7.42. The number of halogens is 4. The summed E-state index contributed by atoms with van der Waals surface area (Å²) < 4.78 is 1.97. The number of aromatic nitrogens is 2. The van der Waals surface area contributed by atoms with Crippen LogP contribution >= 0.6 is 66.8 Å². The van der Waals surface area contributed by atoms with Gasteiger partial charge in [0.1, 0.15) is 0 Å². The van der Waals surface area contributed by atoms with E-state index < -0.39 is 0 Å². The first kappa shape index (κ1) is 25.1. The standard InChI is InChI=1S/C30H20Br2Cl2N2S/c31-29-27(17-7-11-21(33)12-8-17)25-19(3-1-5-23(25)35-29)15-37-16-20-4-2-6-24-26(20)28(30(32)36-24)18-9-13-22(34)14-10-18/h1-14,35-36H,15-16H2. The quantitative estimate of drug-likeness (QED) is 0.182. The van der Waals surface area contributed by atoms with Gasteiger partial charge in [0.25, 0.3) is 0 Å². The van der Waals surface area contributed by atoms with Gasteiger partial charge >= 0.3 is 0 Å². The molecule has 184 valence electrons. The second-order valence-electron chi connectivity index (χ2n) is 8.81. The van der Waals surface area contributed by atoms with Crippen molar-refractivity contribution in [2.45, 2.75) is 11.5 Å². The van der Waals surface area contributed by atoms with Gasteiger partial charge in [0.2, 0.25) is 0 Å². The number of fused-ring (bicyclic) bond motifs is 2. The monoisotopic (exact) mass is 668 g/mol. The molecule has 0 spiro atoms. The molecule has 0 saturated carbocycles. The van der Waals surface area contributed by atoms with E-state index in [4.69, 9.17) is 23.2 Å². The van der Waals surface area contributed by atoms with Crippen LogP contribution in [0.1, 0.15) is 11.1 Å². The molecule has 2 heterocycles. The molecule has 6 rings (SSSR count). The van der Waals surface area contributed by atoms with Crippen molar-refractivity contribution in [1.29, 1.82) is 0 Å². The maximum Gasteiger partial charge on any atom is 0.0910 e. The predicted octanol–water partition coefficient (Wildman–Crippen LogP) is 11.2. The summed E-state index contributed by atoms with van der Waals surface area (Å²) in [5, 5.41) is 3.96. The van der Waals surface area contributed by atoms with Crippen LogP contribution in [0.15, 0.2) is 94.1 Å². The minimum atomic E-state index is 0.735. The average molecular weight is 671 g/mol. The van der Waals surface area contributed by atoms with E-state index >= 15 is 0 Å². The zero-order valence-electron chi connectivity index (χ0n) is 19.4. The third-order valence-corrected chi connectivity index (χ3v) is 9.23. The van der Waals surface area contributed by atoms with E-state index in [0.717, 1.165) is 52.9 Å². The van der Waals surface area contributed by atoms with Crippen LogP contribution in [0.2, 0.25) is 10.0 Å². The van der Waals surface area contributed by atoms with Crippen molar-refractivity contribution in [2.24, 2.45) is 0 Å². The largest absolute Gasteiger partial charge is 0.349 e. The SMILES string of the molecule is Clc1ccc(-c2c(Br)[nH]c3cccc(CSCc4cccc5[nH]c(Br)c(-c6ccc(Cl)cc6)c45)c23)cc1. The highest BCUT2D eigenvalue weighted by Gasteiger charge is 2.17. The zero-order chi connectivity index (χ0) is 25.5. The van der Waals surface area contributed by atoms with Crippen LogP contribution in [0.25, 0.3) is 44.1 Å². The Labute approximate surface area is 246 Å². The van der Waals surface area contributed by atoms with Gasteiger partial charge in [0.15, 0.2) is 0 Å². The molecule has 0 amide bonds. The van der Waals surface area contributed by atoms with Crippen LogP contribution in [0.3, 0.4) is 0 Å². The van der Waals surface area contributed by atoms with Crippen molar-refractivity contribution in [3.8, 4) is 22.3 Å². The highest BCUT2D eigenvalue weighted by molar-refractivity contribution is 9.10. The van der Waals surface area contributed by atoms with Crippen LogP contribution < -0.4 is 0 Å². The summed E-state index contributed by atoms with van der Waals surface area (Å²) in [6.45, 7) is 0. The molecule has 0 bridgehead atoms. The summed E-state index contributed by atoms with van der Waals surface area (Å²) in [5.41, 5.74) is 9.45. The first-order valence-electron chi connectivity index (χ1n) is 11.7. The Bertz CT molecular complexity index is 1610. The topological polar surface area (TPSA) is 31.6 Å². The highest BCUT2D eigenvalue weighted by atomic mass is 79.9. The molecule has 2 nitrogen and oxygen atoms in total. The zero-order valence-corrected chi connectivity index (χ0v) is 24.9. The maximum absolute atomic E-state index is 6.16. The van der Waals surface area contributed by atoms with E-state index in [1.54, 1.807) is 0 Å². The predicted molar refractivity (Wildman–Crippen MR) is 168 cm³/mol. The Morgan fingerprint density at radius 1 is 0.568 bits per heavy atom. The molecule has 2 aromatic heterocycles. The molecule has 0 aliphatic heterocycles. The second-order valence-corrected chi connectivity index (χ2v) is 12.3. The van der Waals surface area contributed by atoms with Gasteiger partial charge in [-0.2, -0.15) is 11.8 Å². The molecule has 0 unspecified atom stereocenters. The van der Waals surface area contributed by atoms with Crippen molar-refractivity contribution in [1.82, 2.24) is 9.97 Å². The molecule has 7 heteroatoms. The van der Waals surface area contributed by atoms with Gasteiger partial charge in [-0.15, -0.1) is 0 Å². The maximum atomic E-state index is 6.16. The lowest BCUT2D eigenvalue weighted by Gasteiger charge is -2.10. The van der Waals surface area contributed by atoms with Gasteiger partial charge in [0.05, 0.1) is 9.21 Å². The van der Waals surface area contributed by atoms with E-state index in [9.17, 15) is 0 Å². The molecule has 4 aromatic carbocycles. The molecule has 0 fully saturated rings. The number of thioether (sulfide) groups is 1. The van der Waals surface area contributed by atoms with Crippen molar-refractivity contribution < 1.29 is 0 Å². The third kappa shape index (κ3) is 4.88. The molecule has 6 aromatic rings. The smallest absolute Gasteiger partial charge is 0.0910 e. The summed E-state index contributed by atoms with van der Waals surface area (Å²) in [5.74, 6) is 1.78. The Hall–Kier alpha value is -2.15. The molecule has 0 aliphatic carbocycles. The first-order valence-corrected chi connectivity index (χ1v) is 15.2. The molecular weight excluding hydrogens is 651 g/mol. The van der Waals surface area contributed by atoms with Gasteiger partial charge < -0.3 is 9.97 Å². The van der Waals surface area contributed by atoms with Crippen LogP contribution in [0.4, 0.5) is 0 Å². The Kier molecular flexibility index (Phi) is 7.17. The van der Waals surface area contributed by atoms with E-state index in [1.807, 2.05) is 36.0 Å². The summed E-state index contributed by atoms with van der Waals surface area (Å²) in [4.78, 5) is 7.00. The molecular formula is C30H20Br2Cl2N2S. The molecule has 2 N–H and O–H groups in total. The number of H-pyrrole nitrogens is 2. The Morgan fingerprint density at radius 3 is 1.38 bits per heavy atom. The van der Waals surface area contributed by atoms with E-state index in [2.05, 4.69) is 102 Å². The van der Waals surface area contributed by atoms with Crippen LogP contribution in [0.5, 0.6) is 0 Å². The van der Waals surface area contributed by atoms with Gasteiger partial charge in [-0.1, -0.05) is 71.7 Å². The van der Waals surface area contributed by atoms with Crippen molar-refractivity contribution >= 4 is 88.6 Å². The summed E-state index contributed by atoms with van der Waals surface area (Å²) in [6.07, 6.45) is 0. The third-order valence-electron chi connectivity index (χ3n) is 6.51. The lowest BCUT2D eigenvalue weighted by atomic mass is 10.0. The average Bonchev–Trinajstić information content (AvgIpc) is 3.41. The molecule has 0 aliphatic rings. The fourth-order valence-electron chi connectivity index (χ4n) is 4.87. The lowest BCUT2D eigenvalue weighted by molar-refractivity contribution is 1.39. The van der Waals surface area contributed by atoms with Crippen molar-refractivity contribution in [2.75, 3.05) is 0 Å². The number of benzene rings is 4. The molecule has 0 saturated heterocycles. The van der Waals surface area contributed by atoms with Gasteiger partial charge in [0, 0.05) is 54.5 Å². The number of aromatic amines is 2. The molecule has 37 heavy (non-hydrogen) atoms. The number of nitrogens with one attached hydrogen (secondary N) is 2. The fraction of sp³-hybridized carbons (Fsp3) is 0.0667. The van der Waals surface area contributed by atoms with E-state index in [1.165, 1.54) is 33.0 Å². The highest BCUT2D eigenvalue weighted by Crippen LogP contribution is 2.41. The van der Waals surface area contributed by atoms with Gasteiger partial charge in [-0.25, -0.2) is 0 Å².